The summed E-state index contributed by atoms with van der Waals surface area (Å²) in [5.41, 5.74) is 2.00. The van der Waals surface area contributed by atoms with Gasteiger partial charge in [0.25, 0.3) is 10.2 Å². The second kappa shape index (κ2) is 5.19. The Morgan fingerprint density at radius 1 is 1.17 bits per heavy atom. The van der Waals surface area contributed by atoms with E-state index in [4.69, 9.17) is 0 Å². The lowest BCUT2D eigenvalue weighted by atomic mass is 10.1. The molecule has 102 valence electrons. The van der Waals surface area contributed by atoms with Crippen LogP contribution in [0.4, 0.5) is 5.69 Å². The first kappa shape index (κ1) is 15.5. The van der Waals surface area contributed by atoms with Gasteiger partial charge in [-0.1, -0.05) is 6.07 Å². The third-order valence-corrected chi connectivity index (χ3v) is 4.09. The van der Waals surface area contributed by atoms with Crippen LogP contribution < -0.4 is 9.44 Å². The summed E-state index contributed by atoms with van der Waals surface area (Å²) < 4.78 is 29.8. The van der Waals surface area contributed by atoms with E-state index in [2.05, 4.69) is 25.4 Å². The fourth-order valence-electron chi connectivity index (χ4n) is 1.61. The van der Waals surface area contributed by atoms with Gasteiger partial charge >= 0.3 is 0 Å². The molecule has 4 nitrogen and oxygen atoms in total. The van der Waals surface area contributed by atoms with Crippen molar-refractivity contribution in [3.05, 3.63) is 27.7 Å². The van der Waals surface area contributed by atoms with Crippen LogP contribution in [0.3, 0.4) is 0 Å². The van der Waals surface area contributed by atoms with Crippen molar-refractivity contribution in [2.24, 2.45) is 0 Å². The highest BCUT2D eigenvalue weighted by Gasteiger charge is 2.21. The number of hydrogen-bond donors (Lipinski definition) is 2. The molecule has 0 saturated carbocycles. The maximum Gasteiger partial charge on any atom is 0.299 e. The van der Waals surface area contributed by atoms with Gasteiger partial charge in [0.1, 0.15) is 0 Å². The van der Waals surface area contributed by atoms with Crippen molar-refractivity contribution in [3.63, 3.8) is 0 Å². The lowest BCUT2D eigenvalue weighted by Crippen LogP contribution is -2.43. The highest BCUT2D eigenvalue weighted by atomic mass is 79.9. The van der Waals surface area contributed by atoms with E-state index in [0.29, 0.717) is 5.69 Å². The Morgan fingerprint density at radius 3 is 2.17 bits per heavy atom. The first-order valence-electron chi connectivity index (χ1n) is 5.59. The second-order valence-electron chi connectivity index (χ2n) is 5.40. The predicted octanol–water partition coefficient (Wildman–Crippen LogP) is 3.11. The number of rotatable bonds is 3. The smallest absolute Gasteiger partial charge is 0.270 e. The molecule has 0 heterocycles. The van der Waals surface area contributed by atoms with E-state index in [9.17, 15) is 8.42 Å². The quantitative estimate of drug-likeness (QED) is 0.892. The standard InChI is InChI=1S/C12H19BrN2O2S/c1-8-6-9(2)11(10(13)7-8)14-18(16,17)15-12(3,4)5/h6-7,14-15H,1-5H3. The van der Waals surface area contributed by atoms with E-state index in [-0.39, 0.29) is 0 Å². The summed E-state index contributed by atoms with van der Waals surface area (Å²) in [7, 11) is -3.58. The molecule has 1 aromatic carbocycles. The van der Waals surface area contributed by atoms with E-state index >= 15 is 0 Å². The topological polar surface area (TPSA) is 58.2 Å². The molecule has 0 unspecified atom stereocenters. The Morgan fingerprint density at radius 2 is 1.72 bits per heavy atom. The first-order valence-corrected chi connectivity index (χ1v) is 7.86. The van der Waals surface area contributed by atoms with Gasteiger partial charge in [0.05, 0.1) is 5.69 Å². The Labute approximate surface area is 117 Å². The van der Waals surface area contributed by atoms with E-state index in [1.165, 1.54) is 0 Å². The number of aryl methyl sites for hydroxylation is 2. The van der Waals surface area contributed by atoms with Crippen LogP contribution in [0.15, 0.2) is 16.6 Å². The predicted molar refractivity (Wildman–Crippen MR) is 79.0 cm³/mol. The Hall–Kier alpha value is -0.590. The lowest BCUT2D eigenvalue weighted by Gasteiger charge is -2.22. The van der Waals surface area contributed by atoms with Crippen LogP contribution in [-0.2, 0) is 10.2 Å². The van der Waals surface area contributed by atoms with Crippen LogP contribution in [0, 0.1) is 13.8 Å². The molecule has 0 atom stereocenters. The first-order chi connectivity index (χ1) is 8.00. The molecule has 0 aliphatic heterocycles. The average molecular weight is 335 g/mol. The molecule has 18 heavy (non-hydrogen) atoms. The number of nitrogens with one attached hydrogen (secondary N) is 2. The molecule has 0 aliphatic rings. The fourth-order valence-corrected chi connectivity index (χ4v) is 3.91. The maximum absolute atomic E-state index is 12.0. The average Bonchev–Trinajstić information content (AvgIpc) is 2.07. The van der Waals surface area contributed by atoms with Crippen LogP contribution in [0.25, 0.3) is 0 Å². The molecule has 0 aromatic heterocycles. The SMILES string of the molecule is Cc1cc(C)c(NS(=O)(=O)NC(C)(C)C)c(Br)c1. The summed E-state index contributed by atoms with van der Waals surface area (Å²) in [6.45, 7) is 9.21. The number of halogens is 1. The van der Waals surface area contributed by atoms with Crippen molar-refractivity contribution >= 4 is 31.8 Å². The van der Waals surface area contributed by atoms with E-state index in [1.807, 2.05) is 26.0 Å². The summed E-state index contributed by atoms with van der Waals surface area (Å²) >= 11 is 3.38. The van der Waals surface area contributed by atoms with Gasteiger partial charge in [0.15, 0.2) is 0 Å². The summed E-state index contributed by atoms with van der Waals surface area (Å²) in [5.74, 6) is 0. The van der Waals surface area contributed by atoms with Gasteiger partial charge in [-0.3, -0.25) is 4.72 Å². The minimum Gasteiger partial charge on any atom is -0.270 e. The summed E-state index contributed by atoms with van der Waals surface area (Å²) in [6, 6.07) is 3.81. The van der Waals surface area contributed by atoms with Gasteiger partial charge in [0.2, 0.25) is 0 Å². The van der Waals surface area contributed by atoms with Gasteiger partial charge < -0.3 is 0 Å². The molecule has 0 bridgehead atoms. The number of benzene rings is 1. The van der Waals surface area contributed by atoms with E-state index < -0.39 is 15.7 Å². The maximum atomic E-state index is 12.0. The Kier molecular flexibility index (Phi) is 4.46. The molecule has 6 heteroatoms. The molecule has 0 radical (unpaired) electrons. The molecule has 1 rings (SSSR count). The molecular formula is C12H19BrN2O2S. The molecular weight excluding hydrogens is 316 g/mol. The van der Waals surface area contributed by atoms with Crippen molar-refractivity contribution < 1.29 is 8.42 Å². The van der Waals surface area contributed by atoms with Crippen LogP contribution in [0.1, 0.15) is 31.9 Å². The molecule has 0 saturated heterocycles. The molecule has 0 fully saturated rings. The van der Waals surface area contributed by atoms with Crippen molar-refractivity contribution in [1.82, 2.24) is 4.72 Å². The normalized spacial score (nSPS) is 12.6. The van der Waals surface area contributed by atoms with Crippen LogP contribution in [0.5, 0.6) is 0 Å². The van der Waals surface area contributed by atoms with Crippen molar-refractivity contribution in [1.29, 1.82) is 0 Å². The van der Waals surface area contributed by atoms with Crippen molar-refractivity contribution in [3.8, 4) is 0 Å². The molecule has 1 aromatic rings. The highest BCUT2D eigenvalue weighted by Crippen LogP contribution is 2.28. The third kappa shape index (κ3) is 4.59. The van der Waals surface area contributed by atoms with E-state index in [1.54, 1.807) is 20.8 Å². The molecule has 0 spiro atoms. The van der Waals surface area contributed by atoms with Gasteiger partial charge in [-0.25, -0.2) is 0 Å². The zero-order chi connectivity index (χ0) is 14.1. The molecule has 2 N–H and O–H groups in total. The summed E-state index contributed by atoms with van der Waals surface area (Å²) in [5, 5.41) is 0. The van der Waals surface area contributed by atoms with Crippen LogP contribution in [-0.4, -0.2) is 14.0 Å². The lowest BCUT2D eigenvalue weighted by molar-refractivity contribution is 0.494. The highest BCUT2D eigenvalue weighted by molar-refractivity contribution is 9.10. The minimum absolute atomic E-state index is 0.517. The number of hydrogen-bond acceptors (Lipinski definition) is 2. The monoisotopic (exact) mass is 334 g/mol. The van der Waals surface area contributed by atoms with Crippen LogP contribution >= 0.6 is 15.9 Å². The minimum atomic E-state index is -3.58. The van der Waals surface area contributed by atoms with Gasteiger partial charge in [-0.2, -0.15) is 13.1 Å². The van der Waals surface area contributed by atoms with Crippen LogP contribution in [0.2, 0.25) is 0 Å². The zero-order valence-corrected chi connectivity index (χ0v) is 13.7. The van der Waals surface area contributed by atoms with Gasteiger partial charge in [-0.15, -0.1) is 0 Å². The fraction of sp³-hybridized carbons (Fsp3) is 0.500. The largest absolute Gasteiger partial charge is 0.299 e. The van der Waals surface area contributed by atoms with Crippen molar-refractivity contribution in [2.75, 3.05) is 4.72 Å². The Balaban J connectivity index is 3.06. The zero-order valence-electron chi connectivity index (χ0n) is 11.3. The third-order valence-electron chi connectivity index (χ3n) is 2.11. The summed E-state index contributed by atoms with van der Waals surface area (Å²) in [6.07, 6.45) is 0. The molecule has 0 aliphatic carbocycles. The summed E-state index contributed by atoms with van der Waals surface area (Å²) in [4.78, 5) is 0. The van der Waals surface area contributed by atoms with Gasteiger partial charge in [-0.05, 0) is 67.7 Å². The van der Waals surface area contributed by atoms with Crippen molar-refractivity contribution in [2.45, 2.75) is 40.2 Å². The molecule has 0 amide bonds. The second-order valence-corrected chi connectivity index (χ2v) is 7.67. The van der Waals surface area contributed by atoms with E-state index in [0.717, 1.165) is 15.6 Å². The number of anilines is 1. The van der Waals surface area contributed by atoms with Gasteiger partial charge in [0, 0.05) is 10.0 Å². The Bertz CT molecular complexity index is 525.